The number of carbonyl (C=O) groups excluding carboxylic acids is 1. The zero-order valence-electron chi connectivity index (χ0n) is 12.7. The summed E-state index contributed by atoms with van der Waals surface area (Å²) >= 11 is 0. The first-order valence-corrected chi connectivity index (χ1v) is 7.92. The zero-order valence-corrected chi connectivity index (χ0v) is 12.7. The van der Waals surface area contributed by atoms with Crippen LogP contribution in [0.5, 0.6) is 0 Å². The highest BCUT2D eigenvalue weighted by Crippen LogP contribution is 2.58. The fourth-order valence-corrected chi connectivity index (χ4v) is 3.33. The molecule has 0 radical (unpaired) electrons. The van der Waals surface area contributed by atoms with Gasteiger partial charge in [0.25, 0.3) is 0 Å². The van der Waals surface area contributed by atoms with Gasteiger partial charge in [-0.15, -0.1) is 0 Å². The molecule has 21 heavy (non-hydrogen) atoms. The van der Waals surface area contributed by atoms with E-state index in [2.05, 4.69) is 10.6 Å². The van der Waals surface area contributed by atoms with Crippen molar-refractivity contribution in [1.29, 1.82) is 0 Å². The second-order valence-electron chi connectivity index (χ2n) is 6.19. The summed E-state index contributed by atoms with van der Waals surface area (Å²) in [4.78, 5) is 12.3. The Morgan fingerprint density at radius 2 is 2.05 bits per heavy atom. The topological polar surface area (TPSA) is 50.4 Å². The molecule has 1 spiro atoms. The van der Waals surface area contributed by atoms with Gasteiger partial charge in [-0.05, 0) is 62.4 Å². The smallest absolute Gasteiger partial charge is 0.228 e. The summed E-state index contributed by atoms with van der Waals surface area (Å²) in [6.45, 7) is 5.44. The lowest BCUT2D eigenvalue weighted by Gasteiger charge is -2.23. The van der Waals surface area contributed by atoms with Crippen molar-refractivity contribution in [3.05, 3.63) is 29.8 Å². The van der Waals surface area contributed by atoms with E-state index < -0.39 is 0 Å². The summed E-state index contributed by atoms with van der Waals surface area (Å²) in [5.41, 5.74) is 2.32. The van der Waals surface area contributed by atoms with Gasteiger partial charge in [0.2, 0.25) is 5.91 Å². The zero-order chi connectivity index (χ0) is 14.7. The van der Waals surface area contributed by atoms with Gasteiger partial charge in [-0.25, -0.2) is 0 Å². The first kappa shape index (κ1) is 14.5. The van der Waals surface area contributed by atoms with Crippen LogP contribution in [0.15, 0.2) is 24.3 Å². The molecular formula is C17H24N2O2. The predicted molar refractivity (Wildman–Crippen MR) is 83.0 cm³/mol. The number of ether oxygens (including phenoxy) is 1. The van der Waals surface area contributed by atoms with Crippen molar-refractivity contribution >= 4 is 11.6 Å². The Hall–Kier alpha value is -1.39. The number of piperidine rings is 1. The molecule has 1 aliphatic carbocycles. The molecule has 1 saturated carbocycles. The van der Waals surface area contributed by atoms with Gasteiger partial charge >= 0.3 is 0 Å². The molecule has 0 bridgehead atoms. The molecule has 1 saturated heterocycles. The van der Waals surface area contributed by atoms with E-state index in [1.165, 1.54) is 0 Å². The predicted octanol–water partition coefficient (Wildman–Crippen LogP) is 2.55. The molecule has 0 aromatic heterocycles. The molecule has 114 valence electrons. The Kier molecular flexibility index (Phi) is 4.27. The third kappa shape index (κ3) is 3.27. The molecule has 2 aliphatic rings. The minimum absolute atomic E-state index is 0.189. The van der Waals surface area contributed by atoms with Crippen molar-refractivity contribution < 1.29 is 9.53 Å². The maximum Gasteiger partial charge on any atom is 0.228 e. The lowest BCUT2D eigenvalue weighted by molar-refractivity contribution is -0.118. The number of anilines is 1. The monoisotopic (exact) mass is 288 g/mol. The van der Waals surface area contributed by atoms with Crippen molar-refractivity contribution in [1.82, 2.24) is 5.32 Å². The summed E-state index contributed by atoms with van der Waals surface area (Å²) in [6.07, 6.45) is 3.33. The van der Waals surface area contributed by atoms with Crippen molar-refractivity contribution in [3.8, 4) is 0 Å². The fraction of sp³-hybridized carbons (Fsp3) is 0.588. The molecular weight excluding hydrogens is 264 g/mol. The third-order valence-corrected chi connectivity index (χ3v) is 4.80. The largest absolute Gasteiger partial charge is 0.377 e. The van der Waals surface area contributed by atoms with Gasteiger partial charge in [0, 0.05) is 18.2 Å². The van der Waals surface area contributed by atoms with Gasteiger partial charge in [-0.1, -0.05) is 12.1 Å². The maximum atomic E-state index is 12.3. The van der Waals surface area contributed by atoms with Gasteiger partial charge in [-0.3, -0.25) is 4.79 Å². The molecule has 2 N–H and O–H groups in total. The van der Waals surface area contributed by atoms with Gasteiger partial charge in [0.15, 0.2) is 0 Å². The van der Waals surface area contributed by atoms with Crippen molar-refractivity contribution in [3.63, 3.8) is 0 Å². The Balaban J connectivity index is 1.53. The van der Waals surface area contributed by atoms with E-state index in [1.54, 1.807) is 0 Å². The fourth-order valence-electron chi connectivity index (χ4n) is 3.33. The summed E-state index contributed by atoms with van der Waals surface area (Å²) in [5, 5.41) is 6.43. The van der Waals surface area contributed by atoms with Crippen molar-refractivity contribution in [2.24, 2.45) is 11.3 Å². The normalized spacial score (nSPS) is 23.0. The number of benzene rings is 1. The van der Waals surface area contributed by atoms with Crippen LogP contribution in [0.25, 0.3) is 0 Å². The van der Waals surface area contributed by atoms with Crippen LogP contribution in [0.1, 0.15) is 31.7 Å². The maximum absolute atomic E-state index is 12.3. The summed E-state index contributed by atoms with van der Waals surface area (Å²) in [6, 6.07) is 7.95. The van der Waals surface area contributed by atoms with E-state index in [1.807, 2.05) is 31.2 Å². The molecule has 1 unspecified atom stereocenters. The van der Waals surface area contributed by atoms with Crippen LogP contribution in [0.4, 0.5) is 5.69 Å². The van der Waals surface area contributed by atoms with Gasteiger partial charge < -0.3 is 15.4 Å². The molecule has 1 aromatic rings. The van der Waals surface area contributed by atoms with Gasteiger partial charge in [0.1, 0.15) is 0 Å². The lowest BCUT2D eigenvalue weighted by atomic mass is 9.92. The van der Waals surface area contributed by atoms with Crippen LogP contribution < -0.4 is 10.6 Å². The molecule has 1 heterocycles. The second kappa shape index (κ2) is 6.16. The highest BCUT2D eigenvalue weighted by molar-refractivity contribution is 5.95. The molecule has 1 atom stereocenters. The minimum atomic E-state index is 0.189. The number of hydrogen-bond acceptors (Lipinski definition) is 3. The van der Waals surface area contributed by atoms with Crippen LogP contribution in [0.2, 0.25) is 0 Å². The van der Waals surface area contributed by atoms with E-state index in [0.717, 1.165) is 50.2 Å². The van der Waals surface area contributed by atoms with Crippen molar-refractivity contribution in [2.45, 2.75) is 32.8 Å². The number of amides is 1. The SMILES string of the molecule is CCOCc1ccc(NC(=O)C2CC23CCNCC3)cc1. The van der Waals surface area contributed by atoms with E-state index in [9.17, 15) is 4.79 Å². The van der Waals surface area contributed by atoms with E-state index in [4.69, 9.17) is 4.74 Å². The number of rotatable bonds is 5. The Labute approximate surface area is 126 Å². The number of nitrogens with one attached hydrogen (secondary N) is 2. The third-order valence-electron chi connectivity index (χ3n) is 4.80. The average molecular weight is 288 g/mol. The van der Waals surface area contributed by atoms with Crippen LogP contribution >= 0.6 is 0 Å². The standard InChI is InChI=1S/C17H24N2O2/c1-2-21-12-13-3-5-14(6-4-13)19-16(20)15-11-17(15)7-9-18-10-8-17/h3-6,15,18H,2,7-12H2,1H3,(H,19,20). The second-order valence-corrected chi connectivity index (χ2v) is 6.19. The van der Waals surface area contributed by atoms with Crippen LogP contribution in [-0.2, 0) is 16.1 Å². The lowest BCUT2D eigenvalue weighted by Crippen LogP contribution is -2.31. The minimum Gasteiger partial charge on any atom is -0.377 e. The summed E-state index contributed by atoms with van der Waals surface area (Å²) in [5.74, 6) is 0.400. The first-order chi connectivity index (χ1) is 10.2. The molecule has 3 rings (SSSR count). The Morgan fingerprint density at radius 3 is 2.71 bits per heavy atom. The summed E-state index contributed by atoms with van der Waals surface area (Å²) < 4.78 is 5.37. The Morgan fingerprint density at radius 1 is 1.33 bits per heavy atom. The molecule has 4 heteroatoms. The van der Waals surface area contributed by atoms with Crippen LogP contribution in [-0.4, -0.2) is 25.6 Å². The van der Waals surface area contributed by atoms with Gasteiger partial charge in [0.05, 0.1) is 6.61 Å². The molecule has 1 aliphatic heterocycles. The van der Waals surface area contributed by atoms with Crippen LogP contribution in [0.3, 0.4) is 0 Å². The first-order valence-electron chi connectivity index (χ1n) is 7.92. The average Bonchev–Trinajstić information content (AvgIpc) is 3.21. The molecule has 4 nitrogen and oxygen atoms in total. The van der Waals surface area contributed by atoms with E-state index >= 15 is 0 Å². The van der Waals surface area contributed by atoms with Crippen molar-refractivity contribution in [2.75, 3.05) is 25.0 Å². The van der Waals surface area contributed by atoms with E-state index in [-0.39, 0.29) is 11.8 Å². The molecule has 1 aromatic carbocycles. The highest BCUT2D eigenvalue weighted by Gasteiger charge is 2.57. The quantitative estimate of drug-likeness (QED) is 0.875. The molecule has 2 fully saturated rings. The van der Waals surface area contributed by atoms with Gasteiger partial charge in [-0.2, -0.15) is 0 Å². The number of hydrogen-bond donors (Lipinski definition) is 2. The van der Waals surface area contributed by atoms with E-state index in [0.29, 0.717) is 12.0 Å². The number of carbonyl (C=O) groups is 1. The summed E-state index contributed by atoms with van der Waals surface area (Å²) in [7, 11) is 0. The highest BCUT2D eigenvalue weighted by atomic mass is 16.5. The van der Waals surface area contributed by atoms with Crippen LogP contribution in [0, 0.1) is 11.3 Å². The molecule has 1 amide bonds. The Bertz CT molecular complexity index is 492.